The molecule has 2 aromatic carbocycles. The fourth-order valence-corrected chi connectivity index (χ4v) is 3.16. The highest BCUT2D eigenvalue weighted by atomic mass is 19.3. The zero-order valence-electron chi connectivity index (χ0n) is 17.1. The van der Waals surface area contributed by atoms with Crippen molar-refractivity contribution in [2.75, 3.05) is 19.7 Å². The Bertz CT molecular complexity index is 885. The van der Waals surface area contributed by atoms with E-state index in [1.54, 1.807) is 12.1 Å². The maximum absolute atomic E-state index is 14.2. The van der Waals surface area contributed by atoms with Crippen LogP contribution >= 0.6 is 0 Å². The third kappa shape index (κ3) is 5.78. The largest absolute Gasteiger partial charge is 0.492 e. The Labute approximate surface area is 175 Å². The van der Waals surface area contributed by atoms with E-state index in [0.717, 1.165) is 5.75 Å². The highest BCUT2D eigenvalue weighted by Gasteiger charge is 2.36. The van der Waals surface area contributed by atoms with E-state index >= 15 is 0 Å². The highest BCUT2D eigenvalue weighted by molar-refractivity contribution is 5.84. The van der Waals surface area contributed by atoms with Crippen molar-refractivity contribution in [1.29, 1.82) is 0 Å². The number of hydrogen-bond acceptors (Lipinski definition) is 4. The van der Waals surface area contributed by atoms with Gasteiger partial charge in [-0.05, 0) is 42.7 Å². The summed E-state index contributed by atoms with van der Waals surface area (Å²) in [4.78, 5) is 16.4. The van der Waals surface area contributed by atoms with E-state index in [2.05, 4.69) is 10.3 Å². The van der Waals surface area contributed by atoms with Gasteiger partial charge in [0.25, 0.3) is 11.8 Å². The molecule has 0 radical (unpaired) electrons. The lowest BCUT2D eigenvalue weighted by molar-refractivity contribution is -0.128. The van der Waals surface area contributed by atoms with Crippen LogP contribution in [-0.2, 0) is 10.7 Å². The molecule has 0 saturated heterocycles. The molecule has 1 atom stereocenters. The number of nitrogens with one attached hydrogen (secondary N) is 1. The number of amides is 1. The Hall–Kier alpha value is -2.96. The molecule has 0 spiro atoms. The van der Waals surface area contributed by atoms with E-state index in [9.17, 15) is 13.6 Å². The van der Waals surface area contributed by atoms with Crippen LogP contribution in [-0.4, -0.2) is 37.9 Å². The number of carbonyl (C=O) groups is 1. The van der Waals surface area contributed by atoms with Gasteiger partial charge in [-0.2, -0.15) is 8.78 Å². The number of ether oxygens (including phenoxy) is 2. The van der Waals surface area contributed by atoms with E-state index in [1.165, 1.54) is 12.3 Å². The third-order valence-corrected chi connectivity index (χ3v) is 4.61. The van der Waals surface area contributed by atoms with Gasteiger partial charge in [0.05, 0.1) is 6.54 Å². The Balaban J connectivity index is 1.61. The summed E-state index contributed by atoms with van der Waals surface area (Å²) in [5, 5.41) is 2.80. The molecule has 1 aliphatic heterocycles. The van der Waals surface area contributed by atoms with Crippen molar-refractivity contribution < 1.29 is 23.0 Å². The molecule has 7 heteroatoms. The molecule has 1 unspecified atom stereocenters. The van der Waals surface area contributed by atoms with Crippen molar-refractivity contribution in [2.24, 2.45) is 10.9 Å². The molecule has 1 amide bonds. The minimum atomic E-state index is -3.05. The minimum Gasteiger partial charge on any atom is -0.492 e. The molecule has 3 rings (SSSR count). The molecular formula is C23H26F2N2O3. The zero-order chi connectivity index (χ0) is 21.6. The molecule has 0 saturated carbocycles. The van der Waals surface area contributed by atoms with Crippen LogP contribution in [0.3, 0.4) is 0 Å². The monoisotopic (exact) mass is 416 g/mol. The van der Waals surface area contributed by atoms with Crippen LogP contribution in [0.1, 0.15) is 31.4 Å². The third-order valence-electron chi connectivity index (χ3n) is 4.61. The van der Waals surface area contributed by atoms with Gasteiger partial charge in [0, 0.05) is 17.3 Å². The average molecular weight is 416 g/mol. The van der Waals surface area contributed by atoms with Crippen LogP contribution in [0.5, 0.6) is 11.5 Å². The molecule has 0 aliphatic carbocycles. The van der Waals surface area contributed by atoms with Gasteiger partial charge in [0.1, 0.15) is 24.7 Å². The second-order valence-corrected chi connectivity index (χ2v) is 7.61. The lowest BCUT2D eigenvalue weighted by Gasteiger charge is -2.24. The molecule has 1 N–H and O–H groups in total. The second-order valence-electron chi connectivity index (χ2n) is 7.61. The van der Waals surface area contributed by atoms with Crippen molar-refractivity contribution in [3.63, 3.8) is 0 Å². The standard InChI is InChI=1S/C23H26F2N2O3/c1-16(2)12-21(22(28)27-10-11-29-18-6-4-3-5-7-18)30-19-9-8-17-14-26-15-23(24,25)20(17)13-19/h3-9,13-14,16,21H,10-12,15H2,1-2H3,(H,27,28). The summed E-state index contributed by atoms with van der Waals surface area (Å²) in [6.45, 7) is 3.99. The van der Waals surface area contributed by atoms with Crippen molar-refractivity contribution in [3.05, 3.63) is 59.7 Å². The highest BCUT2D eigenvalue weighted by Crippen LogP contribution is 2.35. The van der Waals surface area contributed by atoms with Crippen LogP contribution in [0.2, 0.25) is 0 Å². The summed E-state index contributed by atoms with van der Waals surface area (Å²) in [6, 6.07) is 13.7. The number of para-hydroxylation sites is 1. The summed E-state index contributed by atoms with van der Waals surface area (Å²) in [7, 11) is 0. The van der Waals surface area contributed by atoms with Crippen LogP contribution in [0, 0.1) is 5.92 Å². The molecule has 5 nitrogen and oxygen atoms in total. The predicted octanol–water partition coefficient (Wildman–Crippen LogP) is 4.20. The van der Waals surface area contributed by atoms with Crippen LogP contribution in [0.4, 0.5) is 8.78 Å². The normalized spacial score (nSPS) is 15.4. The number of nitrogens with zero attached hydrogens (tertiary/aromatic N) is 1. The molecule has 1 heterocycles. The lowest BCUT2D eigenvalue weighted by atomic mass is 9.99. The predicted molar refractivity (Wildman–Crippen MR) is 112 cm³/mol. The first-order valence-electron chi connectivity index (χ1n) is 9.99. The first-order chi connectivity index (χ1) is 14.3. The minimum absolute atomic E-state index is 0.130. The first-order valence-corrected chi connectivity index (χ1v) is 9.99. The number of benzene rings is 2. The average Bonchev–Trinajstić information content (AvgIpc) is 2.71. The number of aliphatic imine (C=N–C) groups is 1. The van der Waals surface area contributed by atoms with Gasteiger partial charge in [-0.25, -0.2) is 0 Å². The van der Waals surface area contributed by atoms with Crippen LogP contribution < -0.4 is 14.8 Å². The van der Waals surface area contributed by atoms with Gasteiger partial charge in [-0.15, -0.1) is 0 Å². The fraction of sp³-hybridized carbons (Fsp3) is 0.391. The van der Waals surface area contributed by atoms with Gasteiger partial charge < -0.3 is 14.8 Å². The molecule has 0 aromatic heterocycles. The van der Waals surface area contributed by atoms with E-state index in [0.29, 0.717) is 25.1 Å². The van der Waals surface area contributed by atoms with Gasteiger partial charge in [0.2, 0.25) is 0 Å². The summed E-state index contributed by atoms with van der Waals surface area (Å²) in [5.74, 6) is -2.20. The van der Waals surface area contributed by atoms with E-state index in [-0.39, 0.29) is 23.1 Å². The zero-order valence-corrected chi connectivity index (χ0v) is 17.1. The van der Waals surface area contributed by atoms with E-state index in [4.69, 9.17) is 9.47 Å². The number of hydrogen-bond donors (Lipinski definition) is 1. The summed E-state index contributed by atoms with van der Waals surface area (Å²) < 4.78 is 39.7. The van der Waals surface area contributed by atoms with Gasteiger partial charge in [-0.1, -0.05) is 32.0 Å². The molecular weight excluding hydrogens is 390 g/mol. The summed E-state index contributed by atoms with van der Waals surface area (Å²) in [6.07, 6.45) is 1.10. The fourth-order valence-electron chi connectivity index (χ4n) is 3.16. The summed E-state index contributed by atoms with van der Waals surface area (Å²) >= 11 is 0. The van der Waals surface area contributed by atoms with Gasteiger partial charge in [-0.3, -0.25) is 9.79 Å². The SMILES string of the molecule is CC(C)CC(Oc1ccc2c(c1)C(F)(F)CN=C2)C(=O)NCCOc1ccccc1. The summed E-state index contributed by atoms with van der Waals surface area (Å²) in [5.41, 5.74) is 0.233. The van der Waals surface area contributed by atoms with Crippen molar-refractivity contribution in [1.82, 2.24) is 5.32 Å². The van der Waals surface area contributed by atoms with Crippen LogP contribution in [0.15, 0.2) is 53.5 Å². The number of fused-ring (bicyclic) bond motifs is 1. The number of rotatable bonds is 9. The van der Waals surface area contributed by atoms with Crippen LogP contribution in [0.25, 0.3) is 0 Å². The molecule has 1 aliphatic rings. The Kier molecular flexibility index (Phi) is 7.03. The topological polar surface area (TPSA) is 59.9 Å². The smallest absolute Gasteiger partial charge is 0.293 e. The van der Waals surface area contributed by atoms with E-state index < -0.39 is 18.6 Å². The van der Waals surface area contributed by atoms with Crippen molar-refractivity contribution in [3.8, 4) is 11.5 Å². The molecule has 30 heavy (non-hydrogen) atoms. The molecule has 0 fully saturated rings. The van der Waals surface area contributed by atoms with E-state index in [1.807, 2.05) is 44.2 Å². The van der Waals surface area contributed by atoms with Crippen molar-refractivity contribution >= 4 is 12.1 Å². The second kappa shape index (κ2) is 9.69. The molecule has 160 valence electrons. The molecule has 0 bridgehead atoms. The maximum atomic E-state index is 14.2. The quantitative estimate of drug-likeness (QED) is 0.624. The van der Waals surface area contributed by atoms with Crippen molar-refractivity contribution in [2.45, 2.75) is 32.3 Å². The number of alkyl halides is 2. The lowest BCUT2D eigenvalue weighted by Crippen LogP contribution is -2.41. The first kappa shape index (κ1) is 21.7. The Morgan fingerprint density at radius 2 is 1.93 bits per heavy atom. The maximum Gasteiger partial charge on any atom is 0.293 e. The van der Waals surface area contributed by atoms with Gasteiger partial charge in [0.15, 0.2) is 6.10 Å². The molecule has 2 aromatic rings. The Morgan fingerprint density at radius 1 is 1.17 bits per heavy atom. The van der Waals surface area contributed by atoms with Gasteiger partial charge >= 0.3 is 0 Å². The number of halogens is 2. The Morgan fingerprint density at radius 3 is 2.67 bits per heavy atom. The number of carbonyl (C=O) groups excluding carboxylic acids is 1.